The molecule has 17 heavy (non-hydrogen) atoms. The normalized spacial score (nSPS) is 11.2. The third kappa shape index (κ3) is 3.92. The lowest BCUT2D eigenvalue weighted by molar-refractivity contribution is -0.111. The Kier molecular flexibility index (Phi) is 4.65. The summed E-state index contributed by atoms with van der Waals surface area (Å²) in [6.07, 6.45) is 4.53. The van der Waals surface area contributed by atoms with Crippen molar-refractivity contribution in [1.29, 1.82) is 5.26 Å². The molecule has 0 aliphatic heterocycles. The number of carbonyl (C=O) groups excluding carboxylic acids is 1. The first-order valence-electron chi connectivity index (χ1n) is 5.18. The molecule has 0 fully saturated rings. The van der Waals surface area contributed by atoms with E-state index in [-0.39, 0.29) is 5.78 Å². The lowest BCUT2D eigenvalue weighted by Gasteiger charge is -2.00. The largest absolute Gasteiger partial charge is 0.289 e. The first kappa shape index (κ1) is 12.7. The van der Waals surface area contributed by atoms with Crippen LogP contribution in [0, 0.1) is 11.3 Å². The molecule has 0 radical (unpaired) electrons. The summed E-state index contributed by atoms with van der Waals surface area (Å²) in [5.74, 6) is -0.152. The van der Waals surface area contributed by atoms with E-state index in [1.165, 1.54) is 12.2 Å². The molecule has 0 heterocycles. The maximum atomic E-state index is 11.8. The Labute approximate surface area is 101 Å². The molecular weight excluding hydrogens is 210 g/mol. The summed E-state index contributed by atoms with van der Waals surface area (Å²) in [5.41, 5.74) is 1.83. The topological polar surface area (TPSA) is 40.9 Å². The number of carbonyl (C=O) groups is 1. The maximum Gasteiger partial charge on any atom is 0.188 e. The number of nitriles is 1. The Morgan fingerprint density at radius 1 is 1.35 bits per heavy atom. The van der Waals surface area contributed by atoms with Gasteiger partial charge in [-0.3, -0.25) is 4.79 Å². The number of allylic oxidation sites excluding steroid dienone is 4. The summed E-state index contributed by atoms with van der Waals surface area (Å²) in [5, 5.41) is 8.50. The van der Waals surface area contributed by atoms with Crippen LogP contribution in [-0.4, -0.2) is 5.78 Å². The smallest absolute Gasteiger partial charge is 0.188 e. The Balaban J connectivity index is 3.12. The molecule has 1 aromatic carbocycles. The SMILES string of the molecule is C=C(C)C(=O)C(C=CC#N)=Cc1ccccc1. The minimum atomic E-state index is -0.152. The molecule has 0 unspecified atom stereocenters. The number of nitrogens with zero attached hydrogens (tertiary/aromatic N) is 1. The van der Waals surface area contributed by atoms with Crippen molar-refractivity contribution in [3.05, 3.63) is 65.8 Å². The highest BCUT2D eigenvalue weighted by Crippen LogP contribution is 2.12. The summed E-state index contributed by atoms with van der Waals surface area (Å²) in [7, 11) is 0. The fourth-order valence-corrected chi connectivity index (χ4v) is 1.29. The Morgan fingerprint density at radius 2 is 2.00 bits per heavy atom. The zero-order valence-corrected chi connectivity index (χ0v) is 9.68. The van der Waals surface area contributed by atoms with Crippen LogP contribution < -0.4 is 0 Å². The van der Waals surface area contributed by atoms with Crippen LogP contribution in [0.1, 0.15) is 12.5 Å². The average molecular weight is 223 g/mol. The van der Waals surface area contributed by atoms with Crippen molar-refractivity contribution in [3.63, 3.8) is 0 Å². The van der Waals surface area contributed by atoms with Crippen LogP contribution in [0.5, 0.6) is 0 Å². The van der Waals surface area contributed by atoms with Crippen molar-refractivity contribution >= 4 is 11.9 Å². The second-order valence-electron chi connectivity index (χ2n) is 3.58. The molecule has 0 atom stereocenters. The highest BCUT2D eigenvalue weighted by molar-refractivity contribution is 6.12. The van der Waals surface area contributed by atoms with Crippen LogP contribution >= 0.6 is 0 Å². The first-order chi connectivity index (χ1) is 8.15. The van der Waals surface area contributed by atoms with Gasteiger partial charge in [-0.25, -0.2) is 0 Å². The quantitative estimate of drug-likeness (QED) is 0.446. The van der Waals surface area contributed by atoms with E-state index in [0.29, 0.717) is 11.1 Å². The van der Waals surface area contributed by atoms with E-state index in [9.17, 15) is 4.79 Å². The van der Waals surface area contributed by atoms with E-state index < -0.39 is 0 Å². The maximum absolute atomic E-state index is 11.8. The lowest BCUT2D eigenvalue weighted by atomic mass is 10.0. The van der Waals surface area contributed by atoms with Crippen molar-refractivity contribution in [1.82, 2.24) is 0 Å². The lowest BCUT2D eigenvalue weighted by Crippen LogP contribution is -2.00. The molecule has 2 nitrogen and oxygen atoms in total. The van der Waals surface area contributed by atoms with E-state index in [1.54, 1.807) is 13.0 Å². The van der Waals surface area contributed by atoms with Gasteiger partial charge >= 0.3 is 0 Å². The average Bonchev–Trinajstić information content (AvgIpc) is 2.34. The van der Waals surface area contributed by atoms with Gasteiger partial charge in [0.25, 0.3) is 0 Å². The summed E-state index contributed by atoms with van der Waals surface area (Å²) >= 11 is 0. The van der Waals surface area contributed by atoms with Gasteiger partial charge in [0.2, 0.25) is 0 Å². The zero-order valence-electron chi connectivity index (χ0n) is 9.68. The number of benzene rings is 1. The van der Waals surface area contributed by atoms with Gasteiger partial charge in [0, 0.05) is 11.6 Å². The second kappa shape index (κ2) is 6.24. The number of hydrogen-bond donors (Lipinski definition) is 0. The third-order valence-electron chi connectivity index (χ3n) is 2.11. The molecule has 0 aromatic heterocycles. The highest BCUT2D eigenvalue weighted by atomic mass is 16.1. The molecule has 0 bridgehead atoms. The molecule has 0 aliphatic carbocycles. The first-order valence-corrected chi connectivity index (χ1v) is 5.18. The van der Waals surface area contributed by atoms with Crippen LogP contribution in [0.2, 0.25) is 0 Å². The van der Waals surface area contributed by atoms with Crippen LogP contribution in [0.3, 0.4) is 0 Å². The van der Waals surface area contributed by atoms with Gasteiger partial charge in [0.1, 0.15) is 0 Å². The molecule has 0 amide bonds. The monoisotopic (exact) mass is 223 g/mol. The van der Waals surface area contributed by atoms with E-state index in [4.69, 9.17) is 5.26 Å². The van der Waals surface area contributed by atoms with Crippen molar-refractivity contribution in [3.8, 4) is 6.07 Å². The molecule has 0 aliphatic rings. The minimum absolute atomic E-state index is 0.152. The van der Waals surface area contributed by atoms with Gasteiger partial charge in [-0.1, -0.05) is 36.9 Å². The predicted octanol–water partition coefficient (Wildman–Crippen LogP) is 3.29. The van der Waals surface area contributed by atoms with E-state index in [1.807, 2.05) is 36.4 Å². The van der Waals surface area contributed by atoms with Crippen LogP contribution in [0.25, 0.3) is 6.08 Å². The van der Waals surface area contributed by atoms with Crippen molar-refractivity contribution in [2.24, 2.45) is 0 Å². The number of hydrogen-bond acceptors (Lipinski definition) is 2. The molecule has 1 rings (SSSR count). The van der Waals surface area contributed by atoms with E-state index >= 15 is 0 Å². The highest BCUT2D eigenvalue weighted by Gasteiger charge is 2.06. The summed E-state index contributed by atoms with van der Waals surface area (Å²) in [4.78, 5) is 11.8. The number of Topliss-reactive ketones (excluding diaryl/α,β-unsaturated/α-hetero) is 1. The van der Waals surface area contributed by atoms with Gasteiger partial charge in [-0.15, -0.1) is 0 Å². The minimum Gasteiger partial charge on any atom is -0.289 e. The van der Waals surface area contributed by atoms with Gasteiger partial charge < -0.3 is 0 Å². The van der Waals surface area contributed by atoms with Crippen LogP contribution in [0.15, 0.2) is 60.2 Å². The van der Waals surface area contributed by atoms with Crippen molar-refractivity contribution in [2.45, 2.75) is 6.92 Å². The standard InChI is InChI=1S/C15H13NO/c1-12(2)15(17)14(9-6-10-16)11-13-7-4-3-5-8-13/h3-9,11H,1H2,2H3. The fourth-order valence-electron chi connectivity index (χ4n) is 1.29. The molecular formula is C15H13NO. The zero-order chi connectivity index (χ0) is 12.7. The Bertz CT molecular complexity index is 516. The van der Waals surface area contributed by atoms with Gasteiger partial charge in [-0.2, -0.15) is 5.26 Å². The van der Waals surface area contributed by atoms with Gasteiger partial charge in [0.15, 0.2) is 5.78 Å². The fraction of sp³-hybridized carbons (Fsp3) is 0.0667. The summed E-state index contributed by atoms with van der Waals surface area (Å²) < 4.78 is 0. The molecule has 0 spiro atoms. The predicted molar refractivity (Wildman–Crippen MR) is 69.0 cm³/mol. The Hall–Kier alpha value is -2.40. The molecule has 2 heteroatoms. The summed E-state index contributed by atoms with van der Waals surface area (Å²) in [6.45, 7) is 5.27. The van der Waals surface area contributed by atoms with E-state index in [2.05, 4.69) is 6.58 Å². The molecule has 0 N–H and O–H groups in total. The molecule has 0 saturated heterocycles. The Morgan fingerprint density at radius 3 is 2.53 bits per heavy atom. The molecule has 0 saturated carbocycles. The molecule has 1 aromatic rings. The van der Waals surface area contributed by atoms with Crippen molar-refractivity contribution in [2.75, 3.05) is 0 Å². The third-order valence-corrected chi connectivity index (χ3v) is 2.11. The summed E-state index contributed by atoms with van der Waals surface area (Å²) in [6, 6.07) is 11.4. The number of ketones is 1. The van der Waals surface area contributed by atoms with Crippen molar-refractivity contribution < 1.29 is 4.79 Å². The van der Waals surface area contributed by atoms with Gasteiger partial charge in [0.05, 0.1) is 6.07 Å². The van der Waals surface area contributed by atoms with Crippen LogP contribution in [-0.2, 0) is 4.79 Å². The molecule has 84 valence electrons. The number of rotatable bonds is 4. The van der Waals surface area contributed by atoms with Crippen LogP contribution in [0.4, 0.5) is 0 Å². The van der Waals surface area contributed by atoms with E-state index in [0.717, 1.165) is 5.56 Å². The second-order valence-corrected chi connectivity index (χ2v) is 3.58. The van der Waals surface area contributed by atoms with Gasteiger partial charge in [-0.05, 0) is 30.2 Å².